The number of nitrogens with zero attached hydrogens (tertiary/aromatic N) is 1. The number of carbonyl (C=O) groups excluding carboxylic acids is 1. The van der Waals surface area contributed by atoms with Gasteiger partial charge in [0.2, 0.25) is 5.91 Å². The molecule has 4 atom stereocenters. The van der Waals surface area contributed by atoms with Gasteiger partial charge in [0.1, 0.15) is 18.6 Å². The van der Waals surface area contributed by atoms with Gasteiger partial charge in [0.25, 0.3) is 0 Å². The molecule has 0 saturated carbocycles. The third-order valence-corrected chi connectivity index (χ3v) is 4.36. The fourth-order valence-electron chi connectivity index (χ4n) is 3.18. The van der Waals surface area contributed by atoms with Crippen molar-refractivity contribution in [3.63, 3.8) is 0 Å². The Balaban J connectivity index is 1.74. The second-order valence-electron chi connectivity index (χ2n) is 5.76. The van der Waals surface area contributed by atoms with Crippen molar-refractivity contribution in [2.45, 2.75) is 31.7 Å². The summed E-state index contributed by atoms with van der Waals surface area (Å²) in [6.45, 7) is 2.85. The maximum atomic E-state index is 12.3. The molecule has 3 rings (SSSR count). The summed E-state index contributed by atoms with van der Waals surface area (Å²) in [7, 11) is 1.62. The third-order valence-electron chi connectivity index (χ3n) is 4.36. The van der Waals surface area contributed by atoms with E-state index in [1.165, 1.54) is 0 Å². The van der Waals surface area contributed by atoms with Gasteiger partial charge in [-0.3, -0.25) is 4.79 Å². The van der Waals surface area contributed by atoms with Crippen LogP contribution in [-0.2, 0) is 20.8 Å². The zero-order valence-electron chi connectivity index (χ0n) is 12.8. The lowest BCUT2D eigenvalue weighted by atomic mass is 9.80. The molecule has 1 aromatic rings. The first-order chi connectivity index (χ1) is 10.6. The molecule has 2 heterocycles. The monoisotopic (exact) mass is 307 g/mol. The van der Waals surface area contributed by atoms with Crippen LogP contribution < -0.4 is 4.74 Å². The molecule has 0 aromatic heterocycles. The first kappa shape index (κ1) is 15.3. The Morgan fingerprint density at radius 2 is 2.14 bits per heavy atom. The third kappa shape index (κ3) is 2.69. The Kier molecular flexibility index (Phi) is 4.33. The molecule has 22 heavy (non-hydrogen) atoms. The van der Waals surface area contributed by atoms with E-state index in [0.717, 1.165) is 11.3 Å². The highest BCUT2D eigenvalue weighted by Crippen LogP contribution is 2.36. The van der Waals surface area contributed by atoms with E-state index in [1.54, 1.807) is 18.9 Å². The number of aliphatic hydroxyl groups excluding tert-OH is 1. The average molecular weight is 307 g/mol. The van der Waals surface area contributed by atoms with E-state index in [0.29, 0.717) is 13.2 Å². The number of aliphatic hydroxyl groups is 1. The predicted molar refractivity (Wildman–Crippen MR) is 78.2 cm³/mol. The fraction of sp³-hybridized carbons (Fsp3) is 0.562. The van der Waals surface area contributed by atoms with Crippen LogP contribution in [0, 0.1) is 5.92 Å². The number of hydrogen-bond acceptors (Lipinski definition) is 5. The maximum Gasteiger partial charge on any atom is 0.231 e. The number of likely N-dealkylation sites (tertiary alicyclic amines) is 1. The standard InChI is InChI=1S/C16H21NO5/c1-10(18)14-15(13-8-21-9-22-13)17(16(14)19)7-11-3-5-12(20-2)6-4-11/h3-6,10,13-15,18H,7-9H2,1-2H3/t10-,13-,14-,15-/m1/s1. The van der Waals surface area contributed by atoms with Crippen molar-refractivity contribution in [3.05, 3.63) is 29.8 Å². The summed E-state index contributed by atoms with van der Waals surface area (Å²) >= 11 is 0. The molecule has 0 aliphatic carbocycles. The number of carbonyl (C=O) groups is 1. The highest BCUT2D eigenvalue weighted by Gasteiger charge is 2.54. The minimum absolute atomic E-state index is 0.0358. The Morgan fingerprint density at radius 1 is 1.41 bits per heavy atom. The smallest absolute Gasteiger partial charge is 0.231 e. The van der Waals surface area contributed by atoms with Crippen LogP contribution in [0.1, 0.15) is 12.5 Å². The topological polar surface area (TPSA) is 68.2 Å². The Bertz CT molecular complexity index is 524. The maximum absolute atomic E-state index is 12.3. The van der Waals surface area contributed by atoms with Gasteiger partial charge in [0, 0.05) is 6.54 Å². The Hall–Kier alpha value is -1.63. The van der Waals surface area contributed by atoms with E-state index in [-0.39, 0.29) is 24.8 Å². The molecule has 0 radical (unpaired) electrons. The highest BCUT2D eigenvalue weighted by molar-refractivity contribution is 5.87. The molecule has 1 N–H and O–H groups in total. The van der Waals surface area contributed by atoms with Crippen molar-refractivity contribution in [2.24, 2.45) is 5.92 Å². The summed E-state index contributed by atoms with van der Waals surface area (Å²) in [4.78, 5) is 14.1. The number of benzene rings is 1. The quantitative estimate of drug-likeness (QED) is 0.814. The van der Waals surface area contributed by atoms with Crippen molar-refractivity contribution >= 4 is 5.91 Å². The van der Waals surface area contributed by atoms with E-state index in [9.17, 15) is 9.90 Å². The van der Waals surface area contributed by atoms with Gasteiger partial charge in [-0.1, -0.05) is 12.1 Å². The van der Waals surface area contributed by atoms with Crippen LogP contribution in [0.3, 0.4) is 0 Å². The summed E-state index contributed by atoms with van der Waals surface area (Å²) in [6, 6.07) is 7.47. The number of β-lactam (4-membered cyclic amide) rings is 1. The van der Waals surface area contributed by atoms with E-state index < -0.39 is 12.0 Å². The lowest BCUT2D eigenvalue weighted by Gasteiger charge is -2.50. The van der Waals surface area contributed by atoms with Gasteiger partial charge in [-0.25, -0.2) is 0 Å². The minimum atomic E-state index is -0.686. The molecule has 120 valence electrons. The lowest BCUT2D eigenvalue weighted by Crippen LogP contribution is -2.68. The summed E-state index contributed by atoms with van der Waals surface area (Å²) in [5.41, 5.74) is 1.02. The number of rotatable bonds is 5. The van der Waals surface area contributed by atoms with Crippen LogP contribution in [0.2, 0.25) is 0 Å². The van der Waals surface area contributed by atoms with Gasteiger partial charge in [-0.2, -0.15) is 0 Å². The zero-order chi connectivity index (χ0) is 15.7. The van der Waals surface area contributed by atoms with Crippen LogP contribution in [-0.4, -0.2) is 54.7 Å². The van der Waals surface area contributed by atoms with E-state index in [4.69, 9.17) is 14.2 Å². The molecule has 0 spiro atoms. The van der Waals surface area contributed by atoms with Crippen LogP contribution in [0.4, 0.5) is 0 Å². The fourth-order valence-corrected chi connectivity index (χ4v) is 3.18. The summed E-state index contributed by atoms with van der Waals surface area (Å²) in [5, 5.41) is 9.87. The molecular formula is C16H21NO5. The van der Waals surface area contributed by atoms with Gasteiger partial charge in [-0.15, -0.1) is 0 Å². The SMILES string of the molecule is COc1ccc(CN2C(=O)[C@H]([C@@H](C)O)[C@H]2[C@H]2COCO2)cc1. The largest absolute Gasteiger partial charge is 0.497 e. The van der Waals surface area contributed by atoms with Crippen LogP contribution in [0.15, 0.2) is 24.3 Å². The van der Waals surface area contributed by atoms with Gasteiger partial charge in [0.05, 0.1) is 31.8 Å². The van der Waals surface area contributed by atoms with Gasteiger partial charge in [-0.05, 0) is 24.6 Å². The normalized spacial score (nSPS) is 29.3. The van der Waals surface area contributed by atoms with E-state index in [2.05, 4.69) is 0 Å². The first-order valence-corrected chi connectivity index (χ1v) is 7.42. The van der Waals surface area contributed by atoms with Crippen molar-refractivity contribution < 1.29 is 24.1 Å². The molecule has 2 fully saturated rings. The molecule has 0 unspecified atom stereocenters. The van der Waals surface area contributed by atoms with Crippen LogP contribution in [0.5, 0.6) is 5.75 Å². The zero-order valence-corrected chi connectivity index (χ0v) is 12.8. The van der Waals surface area contributed by atoms with Gasteiger partial charge in [0.15, 0.2) is 0 Å². The average Bonchev–Trinajstić information content (AvgIpc) is 3.03. The summed E-state index contributed by atoms with van der Waals surface area (Å²) in [6.07, 6.45) is -0.857. The molecule has 2 aliphatic rings. The van der Waals surface area contributed by atoms with Crippen LogP contribution in [0.25, 0.3) is 0 Å². The number of methoxy groups -OCH3 is 1. The minimum Gasteiger partial charge on any atom is -0.497 e. The van der Waals surface area contributed by atoms with Crippen molar-refractivity contribution in [1.29, 1.82) is 0 Å². The summed E-state index contributed by atoms with van der Waals surface area (Å²) in [5.74, 6) is 0.334. The summed E-state index contributed by atoms with van der Waals surface area (Å²) < 4.78 is 15.9. The highest BCUT2D eigenvalue weighted by atomic mass is 16.7. The Morgan fingerprint density at radius 3 is 2.68 bits per heavy atom. The van der Waals surface area contributed by atoms with Crippen molar-refractivity contribution in [2.75, 3.05) is 20.5 Å². The second kappa shape index (κ2) is 6.24. The van der Waals surface area contributed by atoms with Gasteiger partial charge < -0.3 is 24.2 Å². The molecular weight excluding hydrogens is 286 g/mol. The van der Waals surface area contributed by atoms with Gasteiger partial charge >= 0.3 is 0 Å². The molecule has 2 aliphatic heterocycles. The van der Waals surface area contributed by atoms with E-state index in [1.807, 2.05) is 24.3 Å². The van der Waals surface area contributed by atoms with Crippen molar-refractivity contribution in [1.82, 2.24) is 4.90 Å². The van der Waals surface area contributed by atoms with Crippen LogP contribution >= 0.6 is 0 Å². The molecule has 6 heteroatoms. The molecule has 1 amide bonds. The molecule has 2 saturated heterocycles. The Labute approximate surface area is 129 Å². The molecule has 0 bridgehead atoms. The molecule has 1 aromatic carbocycles. The number of ether oxygens (including phenoxy) is 3. The van der Waals surface area contributed by atoms with Crippen molar-refractivity contribution in [3.8, 4) is 5.75 Å². The predicted octanol–water partition coefficient (Wildman–Crippen LogP) is 0.776. The number of hydrogen-bond donors (Lipinski definition) is 1. The molecule has 6 nitrogen and oxygen atoms in total. The van der Waals surface area contributed by atoms with E-state index >= 15 is 0 Å². The number of amides is 1. The second-order valence-corrected chi connectivity index (χ2v) is 5.76. The first-order valence-electron chi connectivity index (χ1n) is 7.42. The lowest BCUT2D eigenvalue weighted by molar-refractivity contribution is -0.175.